The summed E-state index contributed by atoms with van der Waals surface area (Å²) in [5.41, 5.74) is 6.31. The molecule has 1 atom stereocenters. The van der Waals surface area contributed by atoms with Crippen LogP contribution in [0, 0.1) is 5.92 Å². The second kappa shape index (κ2) is 8.55. The molecule has 0 heterocycles. The van der Waals surface area contributed by atoms with Gasteiger partial charge in [-0.15, -0.1) is 0 Å². The van der Waals surface area contributed by atoms with Crippen LogP contribution in [0.2, 0.25) is 0 Å². The van der Waals surface area contributed by atoms with Gasteiger partial charge in [0.15, 0.2) is 0 Å². The number of hydrogen-bond donors (Lipinski definition) is 2. The van der Waals surface area contributed by atoms with Crippen molar-refractivity contribution in [3.05, 3.63) is 24.3 Å². The third-order valence-corrected chi connectivity index (χ3v) is 3.06. The van der Waals surface area contributed by atoms with E-state index in [9.17, 15) is 4.79 Å². The number of amides is 1. The van der Waals surface area contributed by atoms with Crippen LogP contribution >= 0.6 is 0 Å². The number of anilines is 1. The van der Waals surface area contributed by atoms with Gasteiger partial charge in [0.2, 0.25) is 5.91 Å². The molecule has 0 spiro atoms. The summed E-state index contributed by atoms with van der Waals surface area (Å²) in [6.07, 6.45) is 0.737. The van der Waals surface area contributed by atoms with Crippen LogP contribution in [0.1, 0.15) is 13.3 Å². The van der Waals surface area contributed by atoms with E-state index >= 15 is 0 Å². The van der Waals surface area contributed by atoms with Crippen LogP contribution in [0.4, 0.5) is 5.69 Å². The highest BCUT2D eigenvalue weighted by atomic mass is 16.5. The molecule has 1 unspecified atom stereocenters. The molecule has 0 aromatic heterocycles. The Morgan fingerprint density at radius 2 is 2.20 bits per heavy atom. The second-order valence-corrected chi connectivity index (χ2v) is 5.01. The summed E-state index contributed by atoms with van der Waals surface area (Å²) in [5.74, 6) is 0.569. The molecule has 5 heteroatoms. The van der Waals surface area contributed by atoms with E-state index in [2.05, 4.69) is 10.2 Å². The highest BCUT2D eigenvalue weighted by molar-refractivity contribution is 5.92. The third-order valence-electron chi connectivity index (χ3n) is 3.06. The molecule has 20 heavy (non-hydrogen) atoms. The molecule has 0 saturated heterocycles. The van der Waals surface area contributed by atoms with Gasteiger partial charge in [0.25, 0.3) is 0 Å². The highest BCUT2D eigenvalue weighted by Crippen LogP contribution is 2.18. The van der Waals surface area contributed by atoms with Crippen molar-refractivity contribution < 1.29 is 9.53 Å². The van der Waals surface area contributed by atoms with Crippen molar-refractivity contribution >= 4 is 11.6 Å². The summed E-state index contributed by atoms with van der Waals surface area (Å²) in [4.78, 5) is 14.0. The number of benzene rings is 1. The van der Waals surface area contributed by atoms with Gasteiger partial charge in [-0.3, -0.25) is 4.79 Å². The average Bonchev–Trinajstić information content (AvgIpc) is 2.40. The maximum absolute atomic E-state index is 12.0. The van der Waals surface area contributed by atoms with Gasteiger partial charge >= 0.3 is 0 Å². The maximum Gasteiger partial charge on any atom is 0.228 e. The lowest BCUT2D eigenvalue weighted by atomic mass is 10.1. The number of nitrogens with one attached hydrogen (secondary N) is 1. The van der Waals surface area contributed by atoms with Crippen molar-refractivity contribution in [3.8, 4) is 5.75 Å². The van der Waals surface area contributed by atoms with Gasteiger partial charge in [-0.05, 0) is 32.6 Å². The van der Waals surface area contributed by atoms with Gasteiger partial charge in [-0.25, -0.2) is 0 Å². The van der Waals surface area contributed by atoms with Gasteiger partial charge in [0.1, 0.15) is 12.4 Å². The van der Waals surface area contributed by atoms with Crippen molar-refractivity contribution in [1.29, 1.82) is 0 Å². The molecule has 0 fully saturated rings. The standard InChI is InChI=1S/C15H25N3O2/c1-4-12(11-16)15(19)17-13-6-5-7-14(10-13)20-9-8-18(2)3/h5-7,10,12H,4,8-9,11,16H2,1-3H3,(H,17,19). The van der Waals surface area contributed by atoms with Gasteiger partial charge in [0, 0.05) is 24.8 Å². The maximum atomic E-state index is 12.0. The Kier molecular flexibility index (Phi) is 7.04. The van der Waals surface area contributed by atoms with Gasteiger partial charge in [0.05, 0.1) is 5.92 Å². The fourth-order valence-corrected chi connectivity index (χ4v) is 1.71. The van der Waals surface area contributed by atoms with E-state index in [0.29, 0.717) is 13.2 Å². The molecule has 0 aliphatic heterocycles. The molecule has 0 radical (unpaired) electrons. The first-order chi connectivity index (χ1) is 9.56. The summed E-state index contributed by atoms with van der Waals surface area (Å²) in [5, 5.41) is 2.87. The minimum Gasteiger partial charge on any atom is -0.492 e. The highest BCUT2D eigenvalue weighted by Gasteiger charge is 2.14. The lowest BCUT2D eigenvalue weighted by Gasteiger charge is -2.14. The minimum absolute atomic E-state index is 0.0413. The lowest BCUT2D eigenvalue weighted by Crippen LogP contribution is -2.28. The molecule has 5 nitrogen and oxygen atoms in total. The Bertz CT molecular complexity index is 417. The first-order valence-corrected chi connectivity index (χ1v) is 6.95. The molecular formula is C15H25N3O2. The second-order valence-electron chi connectivity index (χ2n) is 5.01. The molecule has 0 saturated carbocycles. The molecular weight excluding hydrogens is 254 g/mol. The number of ether oxygens (including phenoxy) is 1. The Labute approximate surface area is 121 Å². The van der Waals surface area contributed by atoms with Crippen LogP contribution in [0.3, 0.4) is 0 Å². The Hall–Kier alpha value is -1.59. The summed E-state index contributed by atoms with van der Waals surface area (Å²) in [7, 11) is 4.00. The smallest absolute Gasteiger partial charge is 0.228 e. The Morgan fingerprint density at radius 1 is 1.45 bits per heavy atom. The van der Waals surface area contributed by atoms with E-state index in [1.165, 1.54) is 0 Å². The molecule has 1 aromatic carbocycles. The van der Waals surface area contributed by atoms with Gasteiger partial charge in [-0.2, -0.15) is 0 Å². The van der Waals surface area contributed by atoms with Crippen LogP contribution in [0.15, 0.2) is 24.3 Å². The normalized spacial score (nSPS) is 12.2. The zero-order chi connectivity index (χ0) is 15.0. The molecule has 112 valence electrons. The van der Waals surface area contributed by atoms with E-state index in [0.717, 1.165) is 24.4 Å². The van der Waals surface area contributed by atoms with Crippen molar-refractivity contribution in [2.75, 3.05) is 39.1 Å². The molecule has 0 aliphatic carbocycles. The summed E-state index contributed by atoms with van der Waals surface area (Å²) in [6.45, 7) is 3.78. The van der Waals surface area contributed by atoms with Crippen LogP contribution in [-0.2, 0) is 4.79 Å². The van der Waals surface area contributed by atoms with Crippen molar-refractivity contribution in [3.63, 3.8) is 0 Å². The van der Waals surface area contributed by atoms with Crippen molar-refractivity contribution in [2.45, 2.75) is 13.3 Å². The van der Waals surface area contributed by atoms with Crippen LogP contribution < -0.4 is 15.8 Å². The SMILES string of the molecule is CCC(CN)C(=O)Nc1cccc(OCCN(C)C)c1. The van der Waals surface area contributed by atoms with Gasteiger partial charge in [-0.1, -0.05) is 13.0 Å². The number of likely N-dealkylation sites (N-methyl/N-ethyl adjacent to an activating group) is 1. The van der Waals surface area contributed by atoms with E-state index in [-0.39, 0.29) is 11.8 Å². The molecule has 0 aliphatic rings. The molecule has 1 aromatic rings. The quantitative estimate of drug-likeness (QED) is 0.757. The fourth-order valence-electron chi connectivity index (χ4n) is 1.71. The lowest BCUT2D eigenvalue weighted by molar-refractivity contribution is -0.119. The number of nitrogens with zero attached hydrogens (tertiary/aromatic N) is 1. The number of carbonyl (C=O) groups excluding carboxylic acids is 1. The Morgan fingerprint density at radius 3 is 2.80 bits per heavy atom. The van der Waals surface area contributed by atoms with Crippen LogP contribution in [-0.4, -0.2) is 44.6 Å². The molecule has 1 amide bonds. The van der Waals surface area contributed by atoms with Crippen LogP contribution in [0.5, 0.6) is 5.75 Å². The predicted octanol–water partition coefficient (Wildman–Crippen LogP) is 1.55. The van der Waals surface area contributed by atoms with E-state index in [1.807, 2.05) is 45.3 Å². The zero-order valence-electron chi connectivity index (χ0n) is 12.6. The third kappa shape index (κ3) is 5.59. The van der Waals surface area contributed by atoms with E-state index < -0.39 is 0 Å². The zero-order valence-corrected chi connectivity index (χ0v) is 12.6. The van der Waals surface area contributed by atoms with E-state index in [4.69, 9.17) is 10.5 Å². The summed E-state index contributed by atoms with van der Waals surface area (Å²) >= 11 is 0. The number of carbonyl (C=O) groups is 1. The largest absolute Gasteiger partial charge is 0.492 e. The average molecular weight is 279 g/mol. The first-order valence-electron chi connectivity index (χ1n) is 6.95. The predicted molar refractivity (Wildman–Crippen MR) is 82.0 cm³/mol. The van der Waals surface area contributed by atoms with Crippen molar-refractivity contribution in [1.82, 2.24) is 4.90 Å². The van der Waals surface area contributed by atoms with E-state index in [1.54, 1.807) is 0 Å². The molecule has 1 rings (SSSR count). The number of rotatable bonds is 8. The minimum atomic E-state index is -0.145. The summed E-state index contributed by atoms with van der Waals surface area (Å²) in [6, 6.07) is 7.42. The van der Waals surface area contributed by atoms with Crippen LogP contribution in [0.25, 0.3) is 0 Å². The van der Waals surface area contributed by atoms with Crippen molar-refractivity contribution in [2.24, 2.45) is 11.7 Å². The number of nitrogens with two attached hydrogens (primary N) is 1. The first kappa shape index (κ1) is 16.5. The molecule has 0 bridgehead atoms. The number of hydrogen-bond acceptors (Lipinski definition) is 4. The topological polar surface area (TPSA) is 67.6 Å². The fraction of sp³-hybridized carbons (Fsp3) is 0.533. The van der Waals surface area contributed by atoms with Gasteiger partial charge < -0.3 is 20.7 Å². The monoisotopic (exact) mass is 279 g/mol. The Balaban J connectivity index is 2.57. The molecule has 3 N–H and O–H groups in total. The summed E-state index contributed by atoms with van der Waals surface area (Å²) < 4.78 is 5.63.